The van der Waals surface area contributed by atoms with Crippen molar-refractivity contribution in [1.82, 2.24) is 15.3 Å². The molecule has 1 aromatic rings. The summed E-state index contributed by atoms with van der Waals surface area (Å²) in [5.41, 5.74) is -0.703. The molecular formula is C14H24N4O. The van der Waals surface area contributed by atoms with Crippen LogP contribution in [0.15, 0.2) is 18.5 Å². The van der Waals surface area contributed by atoms with Gasteiger partial charge in [-0.3, -0.25) is 0 Å². The van der Waals surface area contributed by atoms with Crippen LogP contribution in [0.25, 0.3) is 0 Å². The summed E-state index contributed by atoms with van der Waals surface area (Å²) in [5, 5.41) is 13.5. The minimum Gasteiger partial charge on any atom is -0.389 e. The van der Waals surface area contributed by atoms with Crippen LogP contribution in [0.5, 0.6) is 0 Å². The lowest BCUT2D eigenvalue weighted by atomic mass is 9.97. The Hall–Kier alpha value is -1.20. The first-order valence-electron chi connectivity index (χ1n) is 6.97. The van der Waals surface area contributed by atoms with Gasteiger partial charge in [0.25, 0.3) is 0 Å². The highest BCUT2D eigenvalue weighted by Gasteiger charge is 2.28. The van der Waals surface area contributed by atoms with Crippen LogP contribution in [0, 0.1) is 0 Å². The molecule has 5 nitrogen and oxygen atoms in total. The number of hydrogen-bond acceptors (Lipinski definition) is 5. The normalized spacial score (nSPS) is 22.3. The maximum absolute atomic E-state index is 10.00. The SMILES string of the molecule is CC(NC1CCCN(c2ncccn2)C1)C(C)(C)O. The predicted molar refractivity (Wildman–Crippen MR) is 76.2 cm³/mol. The van der Waals surface area contributed by atoms with Gasteiger partial charge < -0.3 is 15.3 Å². The number of aliphatic hydroxyl groups is 1. The summed E-state index contributed by atoms with van der Waals surface area (Å²) in [5.74, 6) is 0.796. The number of nitrogens with zero attached hydrogens (tertiary/aromatic N) is 3. The van der Waals surface area contributed by atoms with Gasteiger partial charge in [-0.05, 0) is 39.7 Å². The number of piperidine rings is 1. The molecule has 1 saturated heterocycles. The minimum atomic E-state index is -0.703. The number of nitrogens with one attached hydrogen (secondary N) is 1. The van der Waals surface area contributed by atoms with Crippen molar-refractivity contribution in [2.45, 2.75) is 51.3 Å². The Bertz CT molecular complexity index is 390. The summed E-state index contributed by atoms with van der Waals surface area (Å²) >= 11 is 0. The molecule has 1 aliphatic heterocycles. The Morgan fingerprint density at radius 3 is 2.74 bits per heavy atom. The molecule has 19 heavy (non-hydrogen) atoms. The number of hydrogen-bond donors (Lipinski definition) is 2. The Balaban J connectivity index is 1.94. The summed E-state index contributed by atoms with van der Waals surface area (Å²) in [7, 11) is 0. The Morgan fingerprint density at radius 2 is 2.11 bits per heavy atom. The van der Waals surface area contributed by atoms with Crippen molar-refractivity contribution < 1.29 is 5.11 Å². The lowest BCUT2D eigenvalue weighted by Gasteiger charge is -2.37. The molecule has 0 radical (unpaired) electrons. The van der Waals surface area contributed by atoms with Gasteiger partial charge in [-0.2, -0.15) is 0 Å². The van der Waals surface area contributed by atoms with Crippen LogP contribution in [-0.4, -0.2) is 45.8 Å². The van der Waals surface area contributed by atoms with Crippen LogP contribution < -0.4 is 10.2 Å². The van der Waals surface area contributed by atoms with Crippen LogP contribution in [0.2, 0.25) is 0 Å². The third kappa shape index (κ3) is 3.88. The fourth-order valence-electron chi connectivity index (χ4n) is 2.31. The van der Waals surface area contributed by atoms with Crippen molar-refractivity contribution in [2.24, 2.45) is 0 Å². The van der Waals surface area contributed by atoms with Gasteiger partial charge in [0.15, 0.2) is 0 Å². The van der Waals surface area contributed by atoms with Crippen molar-refractivity contribution >= 4 is 5.95 Å². The molecule has 2 heterocycles. The topological polar surface area (TPSA) is 61.3 Å². The maximum atomic E-state index is 10.00. The third-order valence-corrected chi connectivity index (χ3v) is 3.80. The van der Waals surface area contributed by atoms with Gasteiger partial charge in [-0.25, -0.2) is 9.97 Å². The van der Waals surface area contributed by atoms with E-state index in [1.807, 2.05) is 26.8 Å². The number of rotatable bonds is 4. The minimum absolute atomic E-state index is 0.0640. The van der Waals surface area contributed by atoms with Crippen molar-refractivity contribution in [3.8, 4) is 0 Å². The molecule has 0 aromatic carbocycles. The first-order chi connectivity index (χ1) is 8.97. The lowest BCUT2D eigenvalue weighted by molar-refractivity contribution is 0.0390. The molecule has 2 N–H and O–H groups in total. The summed E-state index contributed by atoms with van der Waals surface area (Å²) in [6, 6.07) is 2.27. The molecule has 0 aliphatic carbocycles. The second kappa shape index (κ2) is 5.84. The van der Waals surface area contributed by atoms with E-state index in [9.17, 15) is 5.11 Å². The molecule has 1 aliphatic rings. The molecule has 1 aromatic heterocycles. The van der Waals surface area contributed by atoms with Crippen molar-refractivity contribution in [3.63, 3.8) is 0 Å². The van der Waals surface area contributed by atoms with E-state index in [4.69, 9.17) is 0 Å². The highest BCUT2D eigenvalue weighted by molar-refractivity contribution is 5.29. The van der Waals surface area contributed by atoms with Crippen molar-refractivity contribution in [3.05, 3.63) is 18.5 Å². The van der Waals surface area contributed by atoms with E-state index in [2.05, 4.69) is 20.2 Å². The molecule has 0 bridgehead atoms. The first-order valence-corrected chi connectivity index (χ1v) is 6.97. The molecule has 0 saturated carbocycles. The van der Waals surface area contributed by atoms with E-state index < -0.39 is 5.60 Å². The monoisotopic (exact) mass is 264 g/mol. The second-order valence-electron chi connectivity index (χ2n) is 5.88. The number of anilines is 1. The van der Waals surface area contributed by atoms with Crippen LogP contribution >= 0.6 is 0 Å². The highest BCUT2D eigenvalue weighted by atomic mass is 16.3. The molecule has 106 valence electrons. The fraction of sp³-hybridized carbons (Fsp3) is 0.714. The second-order valence-corrected chi connectivity index (χ2v) is 5.88. The maximum Gasteiger partial charge on any atom is 0.225 e. The first kappa shape index (κ1) is 14.2. The summed E-state index contributed by atoms with van der Waals surface area (Å²) in [4.78, 5) is 10.8. The Labute approximate surface area is 115 Å². The van der Waals surface area contributed by atoms with Gasteiger partial charge in [0.1, 0.15) is 0 Å². The van der Waals surface area contributed by atoms with Gasteiger partial charge in [-0.1, -0.05) is 0 Å². The van der Waals surface area contributed by atoms with Gasteiger partial charge in [-0.15, -0.1) is 0 Å². The quantitative estimate of drug-likeness (QED) is 0.855. The zero-order valence-corrected chi connectivity index (χ0v) is 12.0. The summed E-state index contributed by atoms with van der Waals surface area (Å²) < 4.78 is 0. The van der Waals surface area contributed by atoms with Crippen molar-refractivity contribution in [1.29, 1.82) is 0 Å². The molecule has 2 atom stereocenters. The van der Waals surface area contributed by atoms with Crippen LogP contribution in [0.3, 0.4) is 0 Å². The van der Waals surface area contributed by atoms with Gasteiger partial charge in [0.05, 0.1) is 5.60 Å². The molecule has 0 spiro atoms. The highest BCUT2D eigenvalue weighted by Crippen LogP contribution is 2.17. The van der Waals surface area contributed by atoms with E-state index in [-0.39, 0.29) is 6.04 Å². The average Bonchev–Trinajstić information content (AvgIpc) is 2.39. The zero-order chi connectivity index (χ0) is 13.9. The molecule has 0 amide bonds. The van der Waals surface area contributed by atoms with Crippen LogP contribution in [-0.2, 0) is 0 Å². The van der Waals surface area contributed by atoms with Gasteiger partial charge in [0.2, 0.25) is 5.95 Å². The molecule has 1 fully saturated rings. The third-order valence-electron chi connectivity index (χ3n) is 3.80. The van der Waals surface area contributed by atoms with E-state index in [1.165, 1.54) is 0 Å². The molecule has 2 rings (SSSR count). The van der Waals surface area contributed by atoms with Crippen molar-refractivity contribution in [2.75, 3.05) is 18.0 Å². The lowest BCUT2D eigenvalue weighted by Crippen LogP contribution is -2.54. The van der Waals surface area contributed by atoms with Gasteiger partial charge in [0, 0.05) is 37.6 Å². The van der Waals surface area contributed by atoms with E-state index in [0.717, 1.165) is 31.9 Å². The van der Waals surface area contributed by atoms with Gasteiger partial charge >= 0.3 is 0 Å². The molecule has 5 heteroatoms. The Kier molecular flexibility index (Phi) is 4.37. The van der Waals surface area contributed by atoms with E-state index in [1.54, 1.807) is 12.4 Å². The van der Waals surface area contributed by atoms with E-state index >= 15 is 0 Å². The summed E-state index contributed by atoms with van der Waals surface area (Å²) in [6.07, 6.45) is 5.80. The summed E-state index contributed by atoms with van der Waals surface area (Å²) in [6.45, 7) is 7.60. The van der Waals surface area contributed by atoms with Crippen LogP contribution in [0.4, 0.5) is 5.95 Å². The molecule has 2 unspecified atom stereocenters. The van der Waals surface area contributed by atoms with E-state index in [0.29, 0.717) is 6.04 Å². The average molecular weight is 264 g/mol. The smallest absolute Gasteiger partial charge is 0.225 e. The zero-order valence-electron chi connectivity index (χ0n) is 12.0. The Morgan fingerprint density at radius 1 is 1.42 bits per heavy atom. The standard InChI is InChI=1S/C14H24N4O/c1-11(14(2,3)19)17-12-6-4-9-18(10-12)13-15-7-5-8-16-13/h5,7-8,11-12,17,19H,4,6,9-10H2,1-3H3. The largest absolute Gasteiger partial charge is 0.389 e. The van der Waals surface area contributed by atoms with Crippen LogP contribution in [0.1, 0.15) is 33.6 Å². The molecular weight excluding hydrogens is 240 g/mol. The predicted octanol–water partition coefficient (Wildman–Crippen LogP) is 1.19. The number of aromatic nitrogens is 2. The fourth-order valence-corrected chi connectivity index (χ4v) is 2.31.